The third-order valence-electron chi connectivity index (χ3n) is 4.15. The highest BCUT2D eigenvalue weighted by molar-refractivity contribution is 7.13. The van der Waals surface area contributed by atoms with Crippen molar-refractivity contribution in [2.24, 2.45) is 0 Å². The van der Waals surface area contributed by atoms with Gasteiger partial charge in [0.2, 0.25) is 11.8 Å². The number of amides is 1. The number of nitrogens with zero attached hydrogens (tertiary/aromatic N) is 3. The summed E-state index contributed by atoms with van der Waals surface area (Å²) in [6.45, 7) is 3.36. The lowest BCUT2D eigenvalue weighted by Gasteiger charge is -2.19. The van der Waals surface area contributed by atoms with Crippen molar-refractivity contribution in [3.63, 3.8) is 0 Å². The van der Waals surface area contributed by atoms with Crippen LogP contribution in [0, 0.1) is 0 Å². The number of hydrogen-bond donors (Lipinski definition) is 1. The molecule has 2 heterocycles. The predicted octanol–water partition coefficient (Wildman–Crippen LogP) is 3.67. The van der Waals surface area contributed by atoms with E-state index >= 15 is 0 Å². The molecule has 2 aromatic heterocycles. The van der Waals surface area contributed by atoms with Crippen LogP contribution in [0.5, 0.6) is 11.5 Å². The van der Waals surface area contributed by atoms with Gasteiger partial charge in [-0.25, -0.2) is 0 Å². The number of carbonyl (C=O) groups excluding carboxylic acids is 1. The van der Waals surface area contributed by atoms with Crippen LogP contribution in [0.15, 0.2) is 40.1 Å². The molecular weight excluding hydrogens is 392 g/mol. The average molecular weight is 417 g/mol. The Hall–Kier alpha value is -2.91. The van der Waals surface area contributed by atoms with Crippen LogP contribution in [0.25, 0.3) is 10.8 Å². The van der Waals surface area contributed by atoms with Crippen LogP contribution in [0.4, 0.5) is 5.69 Å². The first-order valence-corrected chi connectivity index (χ1v) is 10.1. The fraction of sp³-hybridized carbons (Fsp3) is 0.350. The molecule has 3 rings (SSSR count). The van der Waals surface area contributed by atoms with E-state index in [0.717, 1.165) is 17.8 Å². The molecule has 9 heteroatoms. The number of thiophene rings is 1. The van der Waals surface area contributed by atoms with Crippen molar-refractivity contribution in [3.05, 3.63) is 41.6 Å². The highest BCUT2D eigenvalue weighted by atomic mass is 32.1. The lowest BCUT2D eigenvalue weighted by Crippen LogP contribution is -2.33. The molecule has 29 heavy (non-hydrogen) atoms. The highest BCUT2D eigenvalue weighted by Gasteiger charge is 2.17. The van der Waals surface area contributed by atoms with Gasteiger partial charge in [-0.3, -0.25) is 9.69 Å². The lowest BCUT2D eigenvalue weighted by atomic mass is 10.2. The van der Waals surface area contributed by atoms with E-state index < -0.39 is 0 Å². The summed E-state index contributed by atoms with van der Waals surface area (Å²) in [6, 6.07) is 9.12. The van der Waals surface area contributed by atoms with Crippen LogP contribution in [-0.4, -0.2) is 48.3 Å². The predicted molar refractivity (Wildman–Crippen MR) is 111 cm³/mol. The zero-order valence-corrected chi connectivity index (χ0v) is 17.5. The summed E-state index contributed by atoms with van der Waals surface area (Å²) < 4.78 is 16.3. The first-order valence-electron chi connectivity index (χ1n) is 9.23. The fourth-order valence-corrected chi connectivity index (χ4v) is 3.49. The van der Waals surface area contributed by atoms with Crippen LogP contribution >= 0.6 is 11.3 Å². The minimum Gasteiger partial charge on any atom is -0.497 e. The summed E-state index contributed by atoms with van der Waals surface area (Å²) in [6.07, 6.45) is 0.891. The fourth-order valence-electron chi connectivity index (χ4n) is 2.84. The molecule has 0 radical (unpaired) electrons. The van der Waals surface area contributed by atoms with E-state index in [2.05, 4.69) is 22.4 Å². The summed E-state index contributed by atoms with van der Waals surface area (Å²) in [5, 5.41) is 13.1. The second kappa shape index (κ2) is 10.0. The van der Waals surface area contributed by atoms with E-state index in [1.807, 2.05) is 22.4 Å². The van der Waals surface area contributed by atoms with Gasteiger partial charge in [-0.2, -0.15) is 0 Å². The molecule has 0 spiro atoms. The monoisotopic (exact) mass is 416 g/mol. The molecule has 0 atom stereocenters. The van der Waals surface area contributed by atoms with Gasteiger partial charge < -0.3 is 19.2 Å². The molecule has 0 fully saturated rings. The van der Waals surface area contributed by atoms with E-state index in [4.69, 9.17) is 13.9 Å². The number of methoxy groups -OCH3 is 2. The van der Waals surface area contributed by atoms with Gasteiger partial charge in [0.05, 0.1) is 37.9 Å². The number of hydrogen-bond acceptors (Lipinski definition) is 8. The third kappa shape index (κ3) is 5.55. The van der Waals surface area contributed by atoms with Crippen molar-refractivity contribution < 1.29 is 18.7 Å². The Morgan fingerprint density at radius 1 is 1.24 bits per heavy atom. The van der Waals surface area contributed by atoms with Gasteiger partial charge in [0, 0.05) is 6.07 Å². The maximum absolute atomic E-state index is 12.6. The van der Waals surface area contributed by atoms with Crippen molar-refractivity contribution in [2.75, 3.05) is 32.6 Å². The van der Waals surface area contributed by atoms with E-state index in [1.165, 1.54) is 0 Å². The van der Waals surface area contributed by atoms with Crippen LogP contribution in [0.3, 0.4) is 0 Å². The Kier molecular flexibility index (Phi) is 7.20. The van der Waals surface area contributed by atoms with Gasteiger partial charge in [0.1, 0.15) is 11.5 Å². The van der Waals surface area contributed by atoms with Gasteiger partial charge in [-0.1, -0.05) is 13.0 Å². The van der Waals surface area contributed by atoms with Crippen LogP contribution in [-0.2, 0) is 11.3 Å². The number of benzene rings is 1. The minimum atomic E-state index is -0.164. The zero-order chi connectivity index (χ0) is 20.6. The van der Waals surface area contributed by atoms with Gasteiger partial charge in [-0.15, -0.1) is 21.5 Å². The number of nitrogens with one attached hydrogen (secondary N) is 1. The van der Waals surface area contributed by atoms with Crippen molar-refractivity contribution in [2.45, 2.75) is 19.9 Å². The standard InChI is InChI=1S/C20H24N4O4S/c1-4-9-24(13-19-22-23-20(28-19)17-6-5-10-29-17)12-18(25)21-15-11-14(26-2)7-8-16(15)27-3/h5-8,10-11H,4,9,12-13H2,1-3H3,(H,21,25). The van der Waals surface area contributed by atoms with Gasteiger partial charge in [0.15, 0.2) is 0 Å². The Labute approximate surface area is 173 Å². The van der Waals surface area contributed by atoms with Crippen LogP contribution in [0.2, 0.25) is 0 Å². The molecule has 0 bridgehead atoms. The van der Waals surface area contributed by atoms with E-state index in [-0.39, 0.29) is 12.5 Å². The minimum absolute atomic E-state index is 0.164. The average Bonchev–Trinajstić information content (AvgIpc) is 3.39. The second-order valence-corrected chi connectivity index (χ2v) is 7.25. The van der Waals surface area contributed by atoms with Crippen LogP contribution < -0.4 is 14.8 Å². The topological polar surface area (TPSA) is 89.7 Å². The Morgan fingerprint density at radius 2 is 2.10 bits per heavy atom. The SMILES string of the molecule is CCCN(CC(=O)Nc1cc(OC)ccc1OC)Cc1nnc(-c2cccs2)o1. The van der Waals surface area contributed by atoms with E-state index in [9.17, 15) is 4.79 Å². The summed E-state index contributed by atoms with van der Waals surface area (Å²) >= 11 is 1.54. The van der Waals surface area contributed by atoms with E-state index in [1.54, 1.807) is 43.8 Å². The molecule has 0 saturated heterocycles. The molecule has 0 unspecified atom stereocenters. The Morgan fingerprint density at radius 3 is 2.79 bits per heavy atom. The van der Waals surface area contributed by atoms with E-state index in [0.29, 0.717) is 35.5 Å². The van der Waals surface area contributed by atoms with Crippen molar-refractivity contribution in [1.82, 2.24) is 15.1 Å². The van der Waals surface area contributed by atoms with Crippen LogP contribution in [0.1, 0.15) is 19.2 Å². The highest BCUT2D eigenvalue weighted by Crippen LogP contribution is 2.29. The molecule has 0 saturated carbocycles. The Bertz CT molecular complexity index is 926. The molecule has 154 valence electrons. The smallest absolute Gasteiger partial charge is 0.257 e. The first-order chi connectivity index (χ1) is 14.1. The number of carbonyl (C=O) groups is 1. The molecule has 8 nitrogen and oxygen atoms in total. The molecule has 1 aromatic carbocycles. The molecule has 1 N–H and O–H groups in total. The van der Waals surface area contributed by atoms with Crippen molar-refractivity contribution >= 4 is 22.9 Å². The van der Waals surface area contributed by atoms with Crippen molar-refractivity contribution in [3.8, 4) is 22.3 Å². The molecular formula is C20H24N4O4S. The molecule has 0 aliphatic carbocycles. The number of aromatic nitrogens is 2. The Balaban J connectivity index is 1.65. The molecule has 0 aliphatic heterocycles. The first kappa shape index (κ1) is 20.8. The number of ether oxygens (including phenoxy) is 2. The molecule has 1 amide bonds. The summed E-state index contributed by atoms with van der Waals surface area (Å²) in [5.74, 6) is 2.02. The lowest BCUT2D eigenvalue weighted by molar-refractivity contribution is -0.117. The summed E-state index contributed by atoms with van der Waals surface area (Å²) in [7, 11) is 3.13. The third-order valence-corrected chi connectivity index (χ3v) is 5.00. The summed E-state index contributed by atoms with van der Waals surface area (Å²) in [5.41, 5.74) is 0.561. The normalized spacial score (nSPS) is 10.9. The van der Waals surface area contributed by atoms with Gasteiger partial charge in [-0.05, 0) is 36.5 Å². The maximum Gasteiger partial charge on any atom is 0.257 e. The van der Waals surface area contributed by atoms with Gasteiger partial charge >= 0.3 is 0 Å². The summed E-state index contributed by atoms with van der Waals surface area (Å²) in [4.78, 5) is 15.5. The quantitative estimate of drug-likeness (QED) is 0.539. The molecule has 3 aromatic rings. The maximum atomic E-state index is 12.6. The second-order valence-electron chi connectivity index (χ2n) is 6.30. The zero-order valence-electron chi connectivity index (χ0n) is 16.7. The number of rotatable bonds is 10. The number of anilines is 1. The van der Waals surface area contributed by atoms with Crippen molar-refractivity contribution in [1.29, 1.82) is 0 Å². The molecule has 0 aliphatic rings. The largest absolute Gasteiger partial charge is 0.497 e. The van der Waals surface area contributed by atoms with Gasteiger partial charge in [0.25, 0.3) is 5.89 Å².